The minimum absolute atomic E-state index is 0.00786. The van der Waals surface area contributed by atoms with Crippen LogP contribution < -0.4 is 4.90 Å². The first-order valence-electron chi connectivity index (χ1n) is 9.07. The Morgan fingerprint density at radius 3 is 2.68 bits per heavy atom. The van der Waals surface area contributed by atoms with Crippen LogP contribution in [0.4, 0.5) is 5.13 Å². The number of thioether (sulfide) groups is 1. The monoisotopic (exact) mass is 433 g/mol. The van der Waals surface area contributed by atoms with Gasteiger partial charge in [0.1, 0.15) is 0 Å². The summed E-state index contributed by atoms with van der Waals surface area (Å²) in [6.07, 6.45) is 2.86. The SMILES string of the molecule is CSc1ccccc1C(=O)N(CCCN(C)C)c1nc2c(C)cc(Cl)cc2s1. The summed E-state index contributed by atoms with van der Waals surface area (Å²) in [5.74, 6) is -0.00786. The second kappa shape index (κ2) is 9.27. The van der Waals surface area contributed by atoms with Crippen molar-refractivity contribution in [1.82, 2.24) is 9.88 Å². The molecule has 0 bridgehead atoms. The summed E-state index contributed by atoms with van der Waals surface area (Å²) in [5.41, 5.74) is 2.65. The first kappa shape index (κ1) is 21.1. The molecule has 1 heterocycles. The van der Waals surface area contributed by atoms with Crippen molar-refractivity contribution in [3.05, 3.63) is 52.5 Å². The molecule has 2 aromatic carbocycles. The van der Waals surface area contributed by atoms with Gasteiger partial charge in [-0.25, -0.2) is 4.98 Å². The van der Waals surface area contributed by atoms with Crippen LogP contribution in [0.15, 0.2) is 41.3 Å². The number of amides is 1. The number of carbonyl (C=O) groups is 1. The van der Waals surface area contributed by atoms with Gasteiger partial charge in [-0.1, -0.05) is 35.1 Å². The number of rotatable bonds is 7. The Bertz CT molecular complexity index is 987. The van der Waals surface area contributed by atoms with Gasteiger partial charge in [-0.2, -0.15) is 0 Å². The number of carbonyl (C=O) groups excluding carboxylic acids is 1. The van der Waals surface area contributed by atoms with E-state index in [4.69, 9.17) is 16.6 Å². The molecule has 0 saturated heterocycles. The summed E-state index contributed by atoms with van der Waals surface area (Å²) in [7, 11) is 4.08. The Morgan fingerprint density at radius 2 is 1.96 bits per heavy atom. The van der Waals surface area contributed by atoms with Crippen molar-refractivity contribution >= 4 is 56.0 Å². The molecule has 0 N–H and O–H groups in total. The molecule has 0 spiro atoms. The van der Waals surface area contributed by atoms with Gasteiger partial charge in [-0.3, -0.25) is 9.69 Å². The van der Waals surface area contributed by atoms with E-state index >= 15 is 0 Å². The molecule has 7 heteroatoms. The second-order valence-corrected chi connectivity index (χ2v) is 9.17. The number of aryl methyl sites for hydroxylation is 1. The van der Waals surface area contributed by atoms with Gasteiger partial charge >= 0.3 is 0 Å². The van der Waals surface area contributed by atoms with Crippen LogP contribution in [0.5, 0.6) is 0 Å². The molecule has 0 fully saturated rings. The lowest BCUT2D eigenvalue weighted by Gasteiger charge is -2.22. The third-order valence-corrected chi connectivity index (χ3v) is 6.48. The molecule has 3 rings (SSSR count). The molecule has 1 aromatic heterocycles. The number of anilines is 1. The highest BCUT2D eigenvalue weighted by molar-refractivity contribution is 7.98. The minimum Gasteiger partial charge on any atom is -0.309 e. The van der Waals surface area contributed by atoms with E-state index in [0.717, 1.165) is 38.8 Å². The van der Waals surface area contributed by atoms with Crippen molar-refractivity contribution < 1.29 is 4.79 Å². The molecule has 0 aliphatic carbocycles. The predicted molar refractivity (Wildman–Crippen MR) is 122 cm³/mol. The third kappa shape index (κ3) is 4.69. The summed E-state index contributed by atoms with van der Waals surface area (Å²) in [6.45, 7) is 3.52. The molecule has 0 aliphatic rings. The minimum atomic E-state index is -0.00786. The number of benzene rings is 2. The number of fused-ring (bicyclic) bond motifs is 1. The Morgan fingerprint density at radius 1 is 1.21 bits per heavy atom. The van der Waals surface area contributed by atoms with Gasteiger partial charge in [0.15, 0.2) is 5.13 Å². The van der Waals surface area contributed by atoms with Crippen molar-refractivity contribution in [2.75, 3.05) is 38.3 Å². The largest absolute Gasteiger partial charge is 0.309 e. The summed E-state index contributed by atoms with van der Waals surface area (Å²) in [4.78, 5) is 23.2. The van der Waals surface area contributed by atoms with Crippen molar-refractivity contribution in [2.45, 2.75) is 18.2 Å². The number of hydrogen-bond acceptors (Lipinski definition) is 5. The van der Waals surface area contributed by atoms with Gasteiger partial charge < -0.3 is 4.90 Å². The van der Waals surface area contributed by atoms with Crippen LogP contribution in [-0.2, 0) is 0 Å². The Hall–Kier alpha value is -1.60. The standard InChI is InChI=1S/C21H24ClN3OS2/c1-14-12-15(22)13-18-19(14)23-21(28-18)25(11-7-10-24(2)3)20(26)16-8-5-6-9-17(16)27-4/h5-6,8-9,12-13H,7,10-11H2,1-4H3. The fourth-order valence-corrected chi connectivity index (χ4v) is 5.09. The lowest BCUT2D eigenvalue weighted by atomic mass is 10.2. The van der Waals surface area contributed by atoms with Gasteiger partial charge in [-0.15, -0.1) is 11.8 Å². The van der Waals surface area contributed by atoms with Crippen LogP contribution in [0.25, 0.3) is 10.2 Å². The smallest absolute Gasteiger partial charge is 0.261 e. The van der Waals surface area contributed by atoms with E-state index in [1.54, 1.807) is 11.8 Å². The highest BCUT2D eigenvalue weighted by Crippen LogP contribution is 2.34. The van der Waals surface area contributed by atoms with E-state index < -0.39 is 0 Å². The van der Waals surface area contributed by atoms with Crippen molar-refractivity contribution in [2.24, 2.45) is 0 Å². The maximum atomic E-state index is 13.5. The molecule has 0 atom stereocenters. The van der Waals surface area contributed by atoms with Gasteiger partial charge in [0, 0.05) is 16.5 Å². The third-order valence-electron chi connectivity index (χ3n) is 4.44. The van der Waals surface area contributed by atoms with Gasteiger partial charge in [0.2, 0.25) is 0 Å². The Kier molecular flexibility index (Phi) is 6.99. The average Bonchev–Trinajstić information content (AvgIpc) is 3.08. The number of aromatic nitrogens is 1. The summed E-state index contributed by atoms with van der Waals surface area (Å²) in [6, 6.07) is 11.6. The zero-order valence-corrected chi connectivity index (χ0v) is 18.9. The molecule has 28 heavy (non-hydrogen) atoms. The van der Waals surface area contributed by atoms with E-state index in [-0.39, 0.29) is 5.91 Å². The van der Waals surface area contributed by atoms with E-state index in [0.29, 0.717) is 17.1 Å². The molecule has 3 aromatic rings. The Balaban J connectivity index is 2.01. The number of thiazole rings is 1. The van der Waals surface area contributed by atoms with Gasteiger partial charge in [0.05, 0.1) is 15.8 Å². The van der Waals surface area contributed by atoms with E-state index in [9.17, 15) is 4.79 Å². The fourth-order valence-electron chi connectivity index (χ4n) is 3.05. The van der Waals surface area contributed by atoms with Crippen LogP contribution in [0, 0.1) is 6.92 Å². The van der Waals surface area contributed by atoms with Crippen LogP contribution in [0.1, 0.15) is 22.3 Å². The zero-order chi connectivity index (χ0) is 20.3. The Labute approximate surface area is 179 Å². The number of halogens is 1. The molecular formula is C21H24ClN3OS2. The molecule has 0 unspecified atom stereocenters. The summed E-state index contributed by atoms with van der Waals surface area (Å²) >= 11 is 9.32. The van der Waals surface area contributed by atoms with Gasteiger partial charge in [-0.05, 0) is 70.1 Å². The molecule has 4 nitrogen and oxygen atoms in total. The van der Waals surface area contributed by atoms with E-state index in [1.165, 1.54) is 11.3 Å². The van der Waals surface area contributed by atoms with E-state index in [2.05, 4.69) is 4.90 Å². The fraction of sp³-hybridized carbons (Fsp3) is 0.333. The zero-order valence-electron chi connectivity index (χ0n) is 16.5. The van der Waals surface area contributed by atoms with Crippen LogP contribution in [0.3, 0.4) is 0 Å². The summed E-state index contributed by atoms with van der Waals surface area (Å²) in [5, 5.41) is 1.42. The molecule has 1 amide bonds. The topological polar surface area (TPSA) is 36.4 Å². The number of hydrogen-bond donors (Lipinski definition) is 0. The van der Waals surface area contributed by atoms with E-state index in [1.807, 2.05) is 68.6 Å². The molecular weight excluding hydrogens is 410 g/mol. The highest BCUT2D eigenvalue weighted by Gasteiger charge is 2.23. The quantitative estimate of drug-likeness (QED) is 0.456. The lowest BCUT2D eigenvalue weighted by molar-refractivity contribution is 0.0983. The van der Waals surface area contributed by atoms with Crippen molar-refractivity contribution in [1.29, 1.82) is 0 Å². The second-order valence-electron chi connectivity index (χ2n) is 6.88. The molecule has 148 valence electrons. The predicted octanol–water partition coefficient (Wildman–Crippen LogP) is 5.58. The maximum Gasteiger partial charge on any atom is 0.261 e. The number of nitrogens with zero attached hydrogens (tertiary/aromatic N) is 3. The molecule has 0 saturated carbocycles. The van der Waals surface area contributed by atoms with Crippen LogP contribution in [-0.4, -0.2) is 49.2 Å². The van der Waals surface area contributed by atoms with Crippen molar-refractivity contribution in [3.63, 3.8) is 0 Å². The first-order valence-corrected chi connectivity index (χ1v) is 11.5. The first-order chi connectivity index (χ1) is 13.4. The maximum absolute atomic E-state index is 13.5. The van der Waals surface area contributed by atoms with Crippen LogP contribution in [0.2, 0.25) is 5.02 Å². The van der Waals surface area contributed by atoms with Crippen molar-refractivity contribution in [3.8, 4) is 0 Å². The highest BCUT2D eigenvalue weighted by atomic mass is 35.5. The normalized spacial score (nSPS) is 11.4. The molecule has 0 aliphatic heterocycles. The summed E-state index contributed by atoms with van der Waals surface area (Å²) < 4.78 is 1.00. The molecule has 0 radical (unpaired) electrons. The lowest BCUT2D eigenvalue weighted by Crippen LogP contribution is -2.33. The average molecular weight is 434 g/mol. The van der Waals surface area contributed by atoms with Crippen LogP contribution >= 0.6 is 34.7 Å². The van der Waals surface area contributed by atoms with Gasteiger partial charge in [0.25, 0.3) is 5.91 Å².